The maximum atomic E-state index is 13.4. The third-order valence-corrected chi connectivity index (χ3v) is 2.52. The molecule has 0 unspecified atom stereocenters. The first-order valence-electron chi connectivity index (χ1n) is 4.50. The second kappa shape index (κ2) is 2.68. The summed E-state index contributed by atoms with van der Waals surface area (Å²) in [6, 6.07) is 12.6. The van der Waals surface area contributed by atoms with Crippen LogP contribution in [0.15, 0.2) is 36.4 Å². The third-order valence-electron chi connectivity index (χ3n) is 2.52. The van der Waals surface area contributed by atoms with E-state index in [1.807, 2.05) is 24.3 Å². The van der Waals surface area contributed by atoms with Crippen LogP contribution in [0.5, 0.6) is 0 Å². The summed E-state index contributed by atoms with van der Waals surface area (Å²) >= 11 is 0. The average Bonchev–Trinajstić information content (AvgIpc) is 2.24. The maximum absolute atomic E-state index is 13.4. The van der Waals surface area contributed by atoms with Gasteiger partial charge in [-0.3, -0.25) is 0 Å². The van der Waals surface area contributed by atoms with Crippen LogP contribution in [0.3, 0.4) is 0 Å². The van der Waals surface area contributed by atoms with E-state index >= 15 is 0 Å². The molecule has 0 atom stereocenters. The Balaban J connectivity index is 2.52. The minimum atomic E-state index is -0.200. The number of allylic oxidation sites excluding steroid dienone is 1. The van der Waals surface area contributed by atoms with Crippen molar-refractivity contribution >= 4 is 16.6 Å². The summed E-state index contributed by atoms with van der Waals surface area (Å²) in [6.07, 6.45) is 3.30. The van der Waals surface area contributed by atoms with Gasteiger partial charge in [0.1, 0.15) is 5.83 Å². The highest BCUT2D eigenvalue weighted by molar-refractivity contribution is 5.98. The molecular formula is C13H7F. The molecule has 1 heteroatoms. The van der Waals surface area contributed by atoms with Gasteiger partial charge in [-0.25, -0.2) is 4.39 Å². The van der Waals surface area contributed by atoms with Gasteiger partial charge in [0.2, 0.25) is 0 Å². The molecular weight excluding hydrogens is 175 g/mol. The van der Waals surface area contributed by atoms with Crippen LogP contribution in [-0.4, -0.2) is 0 Å². The van der Waals surface area contributed by atoms with E-state index in [-0.39, 0.29) is 5.83 Å². The molecule has 0 spiro atoms. The molecule has 2 aromatic rings. The van der Waals surface area contributed by atoms with E-state index in [9.17, 15) is 4.39 Å². The van der Waals surface area contributed by atoms with E-state index < -0.39 is 0 Å². The lowest BCUT2D eigenvalue weighted by molar-refractivity contribution is 0.759. The van der Waals surface area contributed by atoms with Crippen LogP contribution in [0.1, 0.15) is 11.1 Å². The first-order valence-corrected chi connectivity index (χ1v) is 4.50. The van der Waals surface area contributed by atoms with Gasteiger partial charge in [-0.1, -0.05) is 30.3 Å². The van der Waals surface area contributed by atoms with Gasteiger partial charge < -0.3 is 0 Å². The molecule has 0 saturated heterocycles. The molecule has 0 aromatic heterocycles. The van der Waals surface area contributed by atoms with E-state index in [0.29, 0.717) is 5.56 Å². The highest BCUT2D eigenvalue weighted by atomic mass is 19.1. The maximum Gasteiger partial charge on any atom is 0.128 e. The molecule has 2 aromatic carbocycles. The molecule has 0 saturated carbocycles. The Labute approximate surface area is 81.7 Å². The van der Waals surface area contributed by atoms with Crippen molar-refractivity contribution in [2.45, 2.75) is 0 Å². The average molecular weight is 182 g/mol. The van der Waals surface area contributed by atoms with Crippen LogP contribution in [0, 0.1) is 12.5 Å². The zero-order chi connectivity index (χ0) is 9.54. The van der Waals surface area contributed by atoms with E-state index in [0.717, 1.165) is 16.3 Å². The van der Waals surface area contributed by atoms with Crippen molar-refractivity contribution in [1.29, 1.82) is 0 Å². The normalized spacial score (nSPS) is 14.2. The highest BCUT2D eigenvalue weighted by Crippen LogP contribution is 2.33. The van der Waals surface area contributed by atoms with Crippen LogP contribution in [0.4, 0.5) is 4.39 Å². The van der Waals surface area contributed by atoms with Crippen molar-refractivity contribution < 1.29 is 4.39 Å². The van der Waals surface area contributed by atoms with E-state index in [4.69, 9.17) is 0 Å². The summed E-state index contributed by atoms with van der Waals surface area (Å²) in [6.45, 7) is 0. The van der Waals surface area contributed by atoms with Crippen molar-refractivity contribution in [2.24, 2.45) is 0 Å². The minimum Gasteiger partial charge on any atom is -0.207 e. The number of halogens is 1. The topological polar surface area (TPSA) is 0 Å². The molecule has 0 amide bonds. The van der Waals surface area contributed by atoms with Crippen LogP contribution >= 0.6 is 0 Å². The largest absolute Gasteiger partial charge is 0.207 e. The fraction of sp³-hybridized carbons (Fsp3) is 0. The Morgan fingerprint density at radius 3 is 3.00 bits per heavy atom. The zero-order valence-corrected chi connectivity index (χ0v) is 7.42. The molecule has 0 heterocycles. The van der Waals surface area contributed by atoms with Gasteiger partial charge in [-0.05, 0) is 28.5 Å². The lowest BCUT2D eigenvalue weighted by Crippen LogP contribution is -1.93. The van der Waals surface area contributed by atoms with Gasteiger partial charge in [0.25, 0.3) is 0 Å². The summed E-state index contributed by atoms with van der Waals surface area (Å²) in [7, 11) is 0. The SMILES string of the molecule is FC1=C[CH]c2cccc3cc[c]c1c23. The fourth-order valence-electron chi connectivity index (χ4n) is 1.88. The van der Waals surface area contributed by atoms with Gasteiger partial charge in [0.15, 0.2) is 0 Å². The smallest absolute Gasteiger partial charge is 0.128 e. The number of rotatable bonds is 0. The molecule has 2 radical (unpaired) electrons. The summed E-state index contributed by atoms with van der Waals surface area (Å²) in [5.74, 6) is -0.200. The lowest BCUT2D eigenvalue weighted by atomic mass is 9.93. The van der Waals surface area contributed by atoms with Crippen LogP contribution < -0.4 is 0 Å². The van der Waals surface area contributed by atoms with Gasteiger partial charge in [0.05, 0.1) is 0 Å². The van der Waals surface area contributed by atoms with E-state index in [1.165, 1.54) is 6.08 Å². The molecule has 0 N–H and O–H groups in total. The predicted octanol–water partition coefficient (Wildman–Crippen LogP) is 3.52. The molecule has 0 aliphatic heterocycles. The summed E-state index contributed by atoms with van der Waals surface area (Å²) in [5, 5.41) is 2.03. The van der Waals surface area contributed by atoms with Crippen LogP contribution in [-0.2, 0) is 0 Å². The van der Waals surface area contributed by atoms with Crippen molar-refractivity contribution in [3.05, 3.63) is 60.0 Å². The van der Waals surface area contributed by atoms with Crippen molar-refractivity contribution in [1.82, 2.24) is 0 Å². The van der Waals surface area contributed by atoms with Crippen LogP contribution in [0.25, 0.3) is 16.6 Å². The Hall–Kier alpha value is -1.63. The number of hydrogen-bond donors (Lipinski definition) is 0. The highest BCUT2D eigenvalue weighted by Gasteiger charge is 2.13. The Morgan fingerprint density at radius 2 is 2.07 bits per heavy atom. The molecule has 0 bridgehead atoms. The number of hydrogen-bond acceptors (Lipinski definition) is 0. The fourth-order valence-corrected chi connectivity index (χ4v) is 1.88. The van der Waals surface area contributed by atoms with E-state index in [2.05, 4.69) is 6.07 Å². The Kier molecular flexibility index (Phi) is 1.48. The van der Waals surface area contributed by atoms with Crippen molar-refractivity contribution in [2.75, 3.05) is 0 Å². The van der Waals surface area contributed by atoms with Crippen molar-refractivity contribution in [3.8, 4) is 0 Å². The number of benzene rings is 2. The standard InChI is InChI=1S/C13H7F/c14-12-8-7-10-4-1-3-9-5-2-6-11(12)13(9)10/h1-5,7-8H. The first-order chi connectivity index (χ1) is 6.86. The Bertz CT molecular complexity index is 533. The van der Waals surface area contributed by atoms with Crippen LogP contribution in [0.2, 0.25) is 0 Å². The monoisotopic (exact) mass is 182 g/mol. The molecule has 1 aliphatic carbocycles. The third kappa shape index (κ3) is 0.925. The molecule has 0 nitrogen and oxygen atoms in total. The summed E-state index contributed by atoms with van der Waals surface area (Å²) < 4.78 is 13.4. The second-order valence-electron chi connectivity index (χ2n) is 3.35. The summed E-state index contributed by atoms with van der Waals surface area (Å²) in [5.41, 5.74) is 1.65. The van der Waals surface area contributed by atoms with E-state index in [1.54, 1.807) is 12.5 Å². The Morgan fingerprint density at radius 1 is 1.14 bits per heavy atom. The predicted molar refractivity (Wildman–Crippen MR) is 55.3 cm³/mol. The molecule has 0 fully saturated rings. The van der Waals surface area contributed by atoms with Gasteiger partial charge >= 0.3 is 0 Å². The van der Waals surface area contributed by atoms with Gasteiger partial charge in [-0.2, -0.15) is 0 Å². The first kappa shape index (κ1) is 7.74. The molecule has 1 aliphatic rings. The quantitative estimate of drug-likeness (QED) is 0.584. The van der Waals surface area contributed by atoms with Gasteiger partial charge in [0, 0.05) is 12.0 Å². The molecule has 14 heavy (non-hydrogen) atoms. The minimum absolute atomic E-state index is 0.200. The second-order valence-corrected chi connectivity index (χ2v) is 3.35. The van der Waals surface area contributed by atoms with Gasteiger partial charge in [-0.15, -0.1) is 0 Å². The molecule has 3 rings (SSSR count). The lowest BCUT2D eigenvalue weighted by Gasteiger charge is -2.12. The summed E-state index contributed by atoms with van der Waals surface area (Å²) in [4.78, 5) is 0. The zero-order valence-electron chi connectivity index (χ0n) is 7.42. The van der Waals surface area contributed by atoms with Crippen molar-refractivity contribution in [3.63, 3.8) is 0 Å². The molecule has 66 valence electrons.